The lowest BCUT2D eigenvalue weighted by atomic mass is 9.92. The highest BCUT2D eigenvalue weighted by Crippen LogP contribution is 2.50. The number of rotatable bonds is 7. The smallest absolute Gasteiger partial charge is 0.345 e. The van der Waals surface area contributed by atoms with Crippen LogP contribution in [0.5, 0.6) is 28.7 Å². The zero-order chi connectivity index (χ0) is 28.5. The van der Waals surface area contributed by atoms with E-state index in [0.29, 0.717) is 45.3 Å². The van der Waals surface area contributed by atoms with Crippen molar-refractivity contribution in [1.82, 2.24) is 0 Å². The average Bonchev–Trinajstić information content (AvgIpc) is 3.03. The summed E-state index contributed by atoms with van der Waals surface area (Å²) in [4.78, 5) is 15.8. The van der Waals surface area contributed by atoms with Gasteiger partial charge in [0, 0.05) is 11.3 Å². The fourth-order valence-corrected chi connectivity index (χ4v) is 5.41. The molecule has 0 saturated heterocycles. The van der Waals surface area contributed by atoms with Crippen LogP contribution >= 0.6 is 0 Å². The molecule has 0 N–H and O–H groups in total. The van der Waals surface area contributed by atoms with E-state index in [0.717, 1.165) is 16.8 Å². The van der Waals surface area contributed by atoms with Gasteiger partial charge in [0.2, 0.25) is 0 Å². The van der Waals surface area contributed by atoms with E-state index in [1.165, 1.54) is 0 Å². The highest BCUT2D eigenvalue weighted by atomic mass is 16.5. The Kier molecular flexibility index (Phi) is 6.89. The molecule has 0 aliphatic carbocycles. The average molecular weight is 552 g/mol. The molecule has 0 radical (unpaired) electrons. The van der Waals surface area contributed by atoms with Crippen molar-refractivity contribution < 1.29 is 28.1 Å². The van der Waals surface area contributed by atoms with E-state index in [2.05, 4.69) is 4.90 Å². The van der Waals surface area contributed by atoms with Gasteiger partial charge in [0.15, 0.2) is 29.2 Å². The van der Waals surface area contributed by atoms with Crippen molar-refractivity contribution in [3.05, 3.63) is 118 Å². The molecule has 0 amide bonds. The molecule has 1 aromatic heterocycles. The molecule has 0 fully saturated rings. The maximum absolute atomic E-state index is 13.8. The van der Waals surface area contributed by atoms with Crippen LogP contribution in [0.4, 0.5) is 5.69 Å². The number of methoxy groups -OCH3 is 4. The molecule has 0 saturated carbocycles. The third kappa shape index (κ3) is 4.47. The lowest BCUT2D eigenvalue weighted by molar-refractivity contribution is 0.169. The van der Waals surface area contributed by atoms with E-state index in [1.807, 2.05) is 84.9 Å². The summed E-state index contributed by atoms with van der Waals surface area (Å²) in [6.07, 6.45) is -0.659. The van der Waals surface area contributed by atoms with Crippen LogP contribution in [0.2, 0.25) is 0 Å². The van der Waals surface area contributed by atoms with Crippen molar-refractivity contribution in [3.8, 4) is 28.7 Å². The van der Waals surface area contributed by atoms with Crippen LogP contribution in [-0.4, -0.2) is 28.4 Å². The Morgan fingerprint density at radius 2 is 1.24 bits per heavy atom. The molecule has 2 atom stereocenters. The predicted octanol–water partition coefficient (Wildman–Crippen LogP) is 6.51. The van der Waals surface area contributed by atoms with Crippen molar-refractivity contribution in [2.24, 2.45) is 0 Å². The molecular weight excluding hydrogens is 522 g/mol. The fourth-order valence-electron chi connectivity index (χ4n) is 5.41. The van der Waals surface area contributed by atoms with Crippen LogP contribution in [0.3, 0.4) is 0 Å². The number of hydrogen-bond donors (Lipinski definition) is 0. The maximum atomic E-state index is 13.8. The molecule has 1 aliphatic heterocycles. The van der Waals surface area contributed by atoms with E-state index in [4.69, 9.17) is 28.1 Å². The number of ether oxygens (including phenoxy) is 5. The zero-order valence-corrected chi connectivity index (χ0v) is 23.1. The first-order valence-electron chi connectivity index (χ1n) is 13.1. The van der Waals surface area contributed by atoms with Crippen LogP contribution in [0, 0.1) is 0 Å². The normalized spacial score (nSPS) is 16.0. The molecule has 4 aromatic carbocycles. The second-order valence-corrected chi connectivity index (χ2v) is 9.47. The van der Waals surface area contributed by atoms with E-state index < -0.39 is 17.9 Å². The summed E-state index contributed by atoms with van der Waals surface area (Å²) >= 11 is 0. The molecule has 6 rings (SSSR count). The van der Waals surface area contributed by atoms with Gasteiger partial charge < -0.3 is 33.0 Å². The largest absolute Gasteiger partial charge is 0.493 e. The minimum absolute atomic E-state index is 0.386. The molecule has 0 bridgehead atoms. The van der Waals surface area contributed by atoms with Gasteiger partial charge in [0.25, 0.3) is 0 Å². The SMILES string of the molecule is COc1ccc(C2Oc3c(c(=O)oc4ccccc34)C(c3ccc(OC)c(OC)c3)N2c2ccccc2)cc1OC. The Hall–Kier alpha value is -5.11. The second kappa shape index (κ2) is 10.8. The topological polar surface area (TPSA) is 79.6 Å². The molecule has 2 unspecified atom stereocenters. The van der Waals surface area contributed by atoms with Gasteiger partial charge in [-0.3, -0.25) is 0 Å². The van der Waals surface area contributed by atoms with Gasteiger partial charge in [-0.25, -0.2) is 4.79 Å². The summed E-state index contributed by atoms with van der Waals surface area (Å²) < 4.78 is 35.0. The van der Waals surface area contributed by atoms with Gasteiger partial charge in [0.05, 0.1) is 39.9 Å². The second-order valence-electron chi connectivity index (χ2n) is 9.47. The molecule has 2 heterocycles. The molecule has 0 spiro atoms. The number of hydrogen-bond acceptors (Lipinski definition) is 8. The molecule has 41 heavy (non-hydrogen) atoms. The van der Waals surface area contributed by atoms with Crippen LogP contribution in [0.1, 0.15) is 29.0 Å². The Morgan fingerprint density at radius 1 is 0.659 bits per heavy atom. The Bertz CT molecular complexity index is 1770. The summed E-state index contributed by atoms with van der Waals surface area (Å²) in [6.45, 7) is 0. The van der Waals surface area contributed by atoms with Crippen LogP contribution in [0.15, 0.2) is 100 Å². The molecule has 208 valence electrons. The first-order chi connectivity index (χ1) is 20.1. The van der Waals surface area contributed by atoms with Gasteiger partial charge in [0.1, 0.15) is 16.9 Å². The minimum atomic E-state index is -0.659. The van der Waals surface area contributed by atoms with Gasteiger partial charge in [-0.2, -0.15) is 0 Å². The van der Waals surface area contributed by atoms with Crippen LogP contribution < -0.4 is 34.2 Å². The zero-order valence-electron chi connectivity index (χ0n) is 23.1. The van der Waals surface area contributed by atoms with Crippen molar-refractivity contribution >= 4 is 16.7 Å². The van der Waals surface area contributed by atoms with Crippen LogP contribution in [0.25, 0.3) is 11.0 Å². The monoisotopic (exact) mass is 551 g/mol. The fraction of sp³-hybridized carbons (Fsp3) is 0.182. The molecule has 8 nitrogen and oxygen atoms in total. The van der Waals surface area contributed by atoms with E-state index >= 15 is 0 Å². The van der Waals surface area contributed by atoms with Crippen molar-refractivity contribution in [2.75, 3.05) is 33.3 Å². The number of nitrogens with zero attached hydrogens (tertiary/aromatic N) is 1. The third-order valence-corrected chi connectivity index (χ3v) is 7.30. The van der Waals surface area contributed by atoms with Gasteiger partial charge in [-0.05, 0) is 60.2 Å². The van der Waals surface area contributed by atoms with Gasteiger partial charge in [-0.1, -0.05) is 36.4 Å². The quantitative estimate of drug-likeness (QED) is 0.212. The first-order valence-corrected chi connectivity index (χ1v) is 13.1. The van der Waals surface area contributed by atoms with Gasteiger partial charge >= 0.3 is 5.63 Å². The molecule has 5 aromatic rings. The lowest BCUT2D eigenvalue weighted by Crippen LogP contribution is -2.43. The van der Waals surface area contributed by atoms with E-state index in [-0.39, 0.29) is 0 Å². The molecule has 1 aliphatic rings. The number of anilines is 1. The summed E-state index contributed by atoms with van der Waals surface area (Å²) in [7, 11) is 6.37. The highest BCUT2D eigenvalue weighted by molar-refractivity contribution is 5.85. The lowest BCUT2D eigenvalue weighted by Gasteiger charge is -2.44. The molecular formula is C33H29NO7. The van der Waals surface area contributed by atoms with Crippen molar-refractivity contribution in [1.29, 1.82) is 0 Å². The van der Waals surface area contributed by atoms with Gasteiger partial charge in [-0.15, -0.1) is 0 Å². The van der Waals surface area contributed by atoms with E-state index in [9.17, 15) is 4.79 Å². The summed E-state index contributed by atoms with van der Waals surface area (Å²) in [5, 5.41) is 0.700. The summed E-state index contributed by atoms with van der Waals surface area (Å²) in [5.74, 6) is 2.74. The van der Waals surface area contributed by atoms with Crippen molar-refractivity contribution in [3.63, 3.8) is 0 Å². The maximum Gasteiger partial charge on any atom is 0.345 e. The number of fused-ring (bicyclic) bond motifs is 3. The Labute approximate surface area is 237 Å². The van der Waals surface area contributed by atoms with Crippen LogP contribution in [-0.2, 0) is 0 Å². The number of para-hydroxylation sites is 2. The van der Waals surface area contributed by atoms with E-state index in [1.54, 1.807) is 34.5 Å². The minimum Gasteiger partial charge on any atom is -0.493 e. The highest BCUT2D eigenvalue weighted by Gasteiger charge is 2.42. The first kappa shape index (κ1) is 26.1. The third-order valence-electron chi connectivity index (χ3n) is 7.30. The van der Waals surface area contributed by atoms with Crippen molar-refractivity contribution in [2.45, 2.75) is 12.3 Å². The summed E-state index contributed by atoms with van der Waals surface area (Å²) in [5.41, 5.74) is 2.79. The predicted molar refractivity (Wildman–Crippen MR) is 156 cm³/mol. The number of benzene rings is 4. The Balaban J connectivity index is 1.68. The molecule has 8 heteroatoms. The summed E-state index contributed by atoms with van der Waals surface area (Å²) in [6, 6.07) is 27.9. The standard InChI is InChI=1S/C33H29NO7/c1-36-25-16-14-20(18-27(25)38-3)30-29-31(23-12-8-9-13-24(23)40-33(29)35)41-32(34(30)22-10-6-5-7-11-22)21-15-17-26(37-2)28(19-21)39-4/h5-19,30,32H,1-4H3. The Morgan fingerprint density at radius 3 is 1.90 bits per heavy atom.